The van der Waals surface area contributed by atoms with Crippen molar-refractivity contribution >= 4 is 0 Å². The first-order valence-electron chi connectivity index (χ1n) is 1.94. The summed E-state index contributed by atoms with van der Waals surface area (Å²) in [6.07, 6.45) is 0.0602. The molecule has 2 N–H and O–H groups in total. The predicted octanol–water partition coefficient (Wildman–Crippen LogP) is -0.552. The summed E-state index contributed by atoms with van der Waals surface area (Å²) in [6.45, 7) is 1.58. The smallest absolute Gasteiger partial charge is 0.117 e. The first kappa shape index (κ1) is 4.05. The minimum Gasteiger partial charge on any atom is -0.311 e. The summed E-state index contributed by atoms with van der Waals surface area (Å²) in [4.78, 5) is 3.92. The van der Waals surface area contributed by atoms with E-state index in [0.29, 0.717) is 0 Å². The van der Waals surface area contributed by atoms with E-state index in [0.717, 1.165) is 13.1 Å². The molecule has 0 unspecified atom stereocenters. The molecule has 6 heavy (non-hydrogen) atoms. The van der Waals surface area contributed by atoms with Gasteiger partial charge in [0.1, 0.15) is 6.10 Å². The lowest BCUT2D eigenvalue weighted by Gasteiger charge is -2.22. The van der Waals surface area contributed by atoms with Crippen LogP contribution in [-0.2, 0) is 4.89 Å². The fraction of sp³-hybridized carbons (Fsp3) is 1.00. The molecule has 1 rings (SSSR count). The van der Waals surface area contributed by atoms with E-state index in [-0.39, 0.29) is 6.10 Å². The van der Waals surface area contributed by atoms with Crippen molar-refractivity contribution in [1.82, 2.24) is 5.32 Å². The summed E-state index contributed by atoms with van der Waals surface area (Å²) in [5.41, 5.74) is 0. The van der Waals surface area contributed by atoms with E-state index >= 15 is 0 Å². The van der Waals surface area contributed by atoms with E-state index in [1.807, 2.05) is 0 Å². The zero-order valence-corrected chi connectivity index (χ0v) is 3.35. The molecule has 3 heteroatoms. The highest BCUT2D eigenvalue weighted by atomic mass is 17.1. The number of hydrogen-bond donors (Lipinski definition) is 2. The molecule has 3 nitrogen and oxygen atoms in total. The lowest BCUT2D eigenvalue weighted by molar-refractivity contribution is -0.286. The van der Waals surface area contributed by atoms with Crippen molar-refractivity contribution in [1.29, 1.82) is 0 Å². The van der Waals surface area contributed by atoms with E-state index in [9.17, 15) is 0 Å². The van der Waals surface area contributed by atoms with Crippen LogP contribution in [0.4, 0.5) is 0 Å². The second-order valence-electron chi connectivity index (χ2n) is 1.39. The van der Waals surface area contributed by atoms with E-state index < -0.39 is 0 Å². The second-order valence-corrected chi connectivity index (χ2v) is 1.39. The Labute approximate surface area is 35.9 Å². The molecule has 1 saturated heterocycles. The zero-order chi connectivity index (χ0) is 4.41. The van der Waals surface area contributed by atoms with E-state index in [1.165, 1.54) is 0 Å². The number of hydrogen-bond acceptors (Lipinski definition) is 3. The fourth-order valence-electron chi connectivity index (χ4n) is 0.337. The van der Waals surface area contributed by atoms with Gasteiger partial charge < -0.3 is 5.32 Å². The van der Waals surface area contributed by atoms with Gasteiger partial charge >= 0.3 is 0 Å². The standard InChI is InChI=1S/C3H7NO2/c5-6-3-1-4-2-3/h3-5H,1-2H2. The van der Waals surface area contributed by atoms with Crippen molar-refractivity contribution in [3.8, 4) is 0 Å². The maximum Gasteiger partial charge on any atom is 0.117 e. The molecule has 0 aliphatic carbocycles. The monoisotopic (exact) mass is 89.0 g/mol. The van der Waals surface area contributed by atoms with Crippen LogP contribution in [0.3, 0.4) is 0 Å². The van der Waals surface area contributed by atoms with Crippen LogP contribution in [0.25, 0.3) is 0 Å². The van der Waals surface area contributed by atoms with Crippen molar-refractivity contribution in [2.75, 3.05) is 13.1 Å². The third kappa shape index (κ3) is 0.518. The third-order valence-electron chi connectivity index (χ3n) is 0.893. The van der Waals surface area contributed by atoms with Crippen LogP contribution in [0, 0.1) is 0 Å². The third-order valence-corrected chi connectivity index (χ3v) is 0.893. The molecule has 0 aromatic heterocycles. The Kier molecular flexibility index (Phi) is 1.05. The maximum absolute atomic E-state index is 7.85. The molecule has 36 valence electrons. The Bertz CT molecular complexity index is 41.3. The van der Waals surface area contributed by atoms with Crippen LogP contribution in [0.15, 0.2) is 0 Å². The van der Waals surface area contributed by atoms with Gasteiger partial charge in [0, 0.05) is 13.1 Å². The SMILES string of the molecule is OOC1CNC1. The molecular weight excluding hydrogens is 82.0 g/mol. The van der Waals surface area contributed by atoms with E-state index in [2.05, 4.69) is 10.2 Å². The quantitative estimate of drug-likeness (QED) is 0.334. The molecule has 0 aromatic carbocycles. The first-order valence-corrected chi connectivity index (χ1v) is 1.94. The first-order chi connectivity index (χ1) is 2.93. The van der Waals surface area contributed by atoms with Crippen molar-refractivity contribution in [2.24, 2.45) is 0 Å². The van der Waals surface area contributed by atoms with Gasteiger partial charge in [0.05, 0.1) is 0 Å². The second kappa shape index (κ2) is 1.55. The molecule has 1 aliphatic heterocycles. The Morgan fingerprint density at radius 1 is 1.67 bits per heavy atom. The topological polar surface area (TPSA) is 41.5 Å². The molecule has 0 spiro atoms. The molecular formula is C3H7NO2. The largest absolute Gasteiger partial charge is 0.311 e. The lowest BCUT2D eigenvalue weighted by atomic mass is 10.2. The van der Waals surface area contributed by atoms with Crippen molar-refractivity contribution in [2.45, 2.75) is 6.10 Å². The molecule has 0 bridgehead atoms. The molecule has 0 radical (unpaired) electrons. The van der Waals surface area contributed by atoms with Crippen LogP contribution in [-0.4, -0.2) is 24.5 Å². The number of nitrogens with one attached hydrogen (secondary N) is 1. The highest BCUT2D eigenvalue weighted by molar-refractivity contribution is 4.72. The Hall–Kier alpha value is -0.120. The highest BCUT2D eigenvalue weighted by Gasteiger charge is 2.15. The summed E-state index contributed by atoms with van der Waals surface area (Å²) in [6, 6.07) is 0. The average Bonchev–Trinajstić information content (AvgIpc) is 1.31. The van der Waals surface area contributed by atoms with Gasteiger partial charge in [0.2, 0.25) is 0 Å². The van der Waals surface area contributed by atoms with Crippen molar-refractivity contribution in [3.05, 3.63) is 0 Å². The van der Waals surface area contributed by atoms with Crippen LogP contribution in [0.2, 0.25) is 0 Å². The molecule has 0 aromatic rings. The summed E-state index contributed by atoms with van der Waals surface area (Å²) in [7, 11) is 0. The normalized spacial score (nSPS) is 23.5. The Morgan fingerprint density at radius 3 is 2.33 bits per heavy atom. The lowest BCUT2D eigenvalue weighted by Crippen LogP contribution is -2.47. The highest BCUT2D eigenvalue weighted by Crippen LogP contribution is 1.92. The summed E-state index contributed by atoms with van der Waals surface area (Å²) in [5, 5.41) is 10.8. The van der Waals surface area contributed by atoms with Crippen LogP contribution in [0.5, 0.6) is 0 Å². The molecule has 1 fully saturated rings. The molecule has 0 saturated carbocycles. The minimum atomic E-state index is 0.0602. The van der Waals surface area contributed by atoms with Crippen LogP contribution >= 0.6 is 0 Å². The summed E-state index contributed by atoms with van der Waals surface area (Å²) < 4.78 is 0. The van der Waals surface area contributed by atoms with Gasteiger partial charge in [-0.15, -0.1) is 0 Å². The molecule has 0 atom stereocenters. The fourth-order valence-corrected chi connectivity index (χ4v) is 0.337. The van der Waals surface area contributed by atoms with Gasteiger partial charge in [-0.25, -0.2) is 4.89 Å². The molecule has 0 amide bonds. The predicted molar refractivity (Wildman–Crippen MR) is 20.4 cm³/mol. The van der Waals surface area contributed by atoms with Gasteiger partial charge in [-0.1, -0.05) is 0 Å². The molecule has 1 aliphatic rings. The van der Waals surface area contributed by atoms with E-state index in [1.54, 1.807) is 0 Å². The molecule has 1 heterocycles. The summed E-state index contributed by atoms with van der Waals surface area (Å²) in [5.74, 6) is 0. The van der Waals surface area contributed by atoms with Crippen molar-refractivity contribution in [3.63, 3.8) is 0 Å². The maximum atomic E-state index is 7.85. The number of rotatable bonds is 1. The van der Waals surface area contributed by atoms with Crippen LogP contribution < -0.4 is 5.32 Å². The Morgan fingerprint density at radius 2 is 2.33 bits per heavy atom. The Balaban J connectivity index is 2.01. The summed E-state index contributed by atoms with van der Waals surface area (Å²) >= 11 is 0. The van der Waals surface area contributed by atoms with Gasteiger partial charge in [-0.3, -0.25) is 5.26 Å². The average molecular weight is 89.1 g/mol. The van der Waals surface area contributed by atoms with Gasteiger partial charge in [0.25, 0.3) is 0 Å². The van der Waals surface area contributed by atoms with Gasteiger partial charge in [-0.05, 0) is 0 Å². The van der Waals surface area contributed by atoms with Gasteiger partial charge in [-0.2, -0.15) is 0 Å². The zero-order valence-electron chi connectivity index (χ0n) is 3.35. The van der Waals surface area contributed by atoms with Gasteiger partial charge in [0.15, 0.2) is 0 Å². The van der Waals surface area contributed by atoms with E-state index in [4.69, 9.17) is 5.26 Å². The van der Waals surface area contributed by atoms with Crippen molar-refractivity contribution < 1.29 is 10.1 Å². The van der Waals surface area contributed by atoms with Crippen LogP contribution in [0.1, 0.15) is 0 Å². The minimum absolute atomic E-state index is 0.0602.